The molecule has 20 atom stereocenters. The van der Waals surface area contributed by atoms with Crippen molar-refractivity contribution in [3.05, 3.63) is 0 Å². The van der Waals surface area contributed by atoms with Crippen molar-refractivity contribution in [2.24, 2.45) is 0 Å². The van der Waals surface area contributed by atoms with Crippen molar-refractivity contribution in [2.45, 2.75) is 123 Å². The van der Waals surface area contributed by atoms with Gasteiger partial charge in [-0.05, 0) is 0 Å². The molecule has 4 aliphatic rings. The van der Waals surface area contributed by atoms with Crippen molar-refractivity contribution >= 4 is 11.9 Å². The number of ether oxygens (including phenoxy) is 7. The Balaban J connectivity index is 1.51. The average molecular weight is 695 g/mol. The molecule has 0 aromatic carbocycles. The second-order valence-corrected chi connectivity index (χ2v) is 11.2. The Kier molecular flexibility index (Phi) is 12.4. The first-order valence-electron chi connectivity index (χ1n) is 14.1. The monoisotopic (exact) mass is 694 g/mol. The van der Waals surface area contributed by atoms with Crippen LogP contribution in [0.2, 0.25) is 0 Å². The van der Waals surface area contributed by atoms with E-state index in [1.165, 1.54) is 0 Å². The summed E-state index contributed by atoms with van der Waals surface area (Å²) >= 11 is 0. The zero-order chi connectivity index (χ0) is 35.1. The van der Waals surface area contributed by atoms with Crippen molar-refractivity contribution in [1.29, 1.82) is 0 Å². The Morgan fingerprint density at radius 1 is 0.447 bits per heavy atom. The van der Waals surface area contributed by atoms with Crippen LogP contribution in [0.3, 0.4) is 0 Å². The number of carbonyl (C=O) groups is 2. The van der Waals surface area contributed by atoms with Crippen LogP contribution in [0.15, 0.2) is 0 Å². The van der Waals surface area contributed by atoms with Crippen molar-refractivity contribution in [3.8, 4) is 0 Å². The second-order valence-electron chi connectivity index (χ2n) is 11.2. The summed E-state index contributed by atoms with van der Waals surface area (Å²) in [4.78, 5) is 23.3. The molecule has 0 amide bonds. The topological polar surface area (TPSA) is 382 Å². The molecular formula is C24H38O23. The van der Waals surface area contributed by atoms with E-state index in [0.29, 0.717) is 0 Å². The number of carboxylic acid groups (broad SMARTS) is 2. The van der Waals surface area contributed by atoms with Crippen molar-refractivity contribution < 1.29 is 114 Å². The second kappa shape index (κ2) is 15.4. The number of carboxylic acids is 2. The fraction of sp³-hybridized carbons (Fsp3) is 0.917. The fourth-order valence-electron chi connectivity index (χ4n) is 5.51. The van der Waals surface area contributed by atoms with Crippen LogP contribution >= 0.6 is 0 Å². The third-order valence-electron chi connectivity index (χ3n) is 8.13. The summed E-state index contributed by atoms with van der Waals surface area (Å²) < 4.78 is 36.6. The van der Waals surface area contributed by atoms with E-state index < -0.39 is 148 Å². The molecule has 23 heteroatoms. The summed E-state index contributed by atoms with van der Waals surface area (Å²) in [6.07, 6.45) is -40.7. The number of aliphatic hydroxyl groups is 12. The summed E-state index contributed by atoms with van der Waals surface area (Å²) in [5.41, 5.74) is 0. The molecule has 0 aliphatic carbocycles. The van der Waals surface area contributed by atoms with Gasteiger partial charge in [0.2, 0.25) is 0 Å². The molecule has 4 aliphatic heterocycles. The zero-order valence-electron chi connectivity index (χ0n) is 23.9. The number of hydrogen-bond donors (Lipinski definition) is 14. The van der Waals surface area contributed by atoms with E-state index in [-0.39, 0.29) is 0 Å². The van der Waals surface area contributed by atoms with Gasteiger partial charge < -0.3 is 105 Å². The van der Waals surface area contributed by atoms with Gasteiger partial charge in [0.05, 0.1) is 13.2 Å². The molecule has 0 spiro atoms. The number of aliphatic hydroxyl groups excluding tert-OH is 12. The minimum atomic E-state index is -2.25. The molecule has 47 heavy (non-hydrogen) atoms. The summed E-state index contributed by atoms with van der Waals surface area (Å²) in [6.45, 7) is -1.95. The lowest BCUT2D eigenvalue weighted by Gasteiger charge is -2.48. The molecule has 0 aromatic heterocycles. The smallest absolute Gasteiger partial charge is 0.335 e. The molecular weight excluding hydrogens is 656 g/mol. The SMILES string of the molecule is O=C(O)[C@H]1O[C@@H](O[C@H]2[C@H](O)[C@@H](O)[C@H](O[C@@H]3[C@@H](O)[C@H](O[C@H]4[C@H](O)[C@@H](O)[C@H](O)O[C@@H]4CO)O[C@H](C(=O)O)[C@H]3O)O[C@@H]2CO)[C@H](O)[C@@H](O)[C@@H]1O. The van der Waals surface area contributed by atoms with Gasteiger partial charge >= 0.3 is 11.9 Å². The van der Waals surface area contributed by atoms with Crippen LogP contribution in [0.1, 0.15) is 0 Å². The van der Waals surface area contributed by atoms with Crippen LogP contribution in [-0.4, -0.2) is 219 Å². The van der Waals surface area contributed by atoms with E-state index in [2.05, 4.69) is 0 Å². The predicted octanol–water partition coefficient (Wildman–Crippen LogP) is -9.56. The standard InChI is InChI=1S/C24H38O23/c25-1-3-14(7(29)9(31)21(40)41-3)44-24-13(35)16(12(34)18(47-24)20(38)39)45-22-11(33)8(30)15(4(2-26)42-22)43-23-10(32)5(27)6(28)17(46-23)19(36)37/h3-18,21-35,40H,1-2H2,(H,36,37)(H,38,39)/t3-,4-,5+,6+,7-,8-,9-,10-,11-,12+,13-,14-,15-,16+,17+,18+,21-,22+,23-,24-/m1/s1. The van der Waals surface area contributed by atoms with Crippen LogP contribution in [0.4, 0.5) is 0 Å². The Hall–Kier alpha value is -1.82. The molecule has 14 N–H and O–H groups in total. The highest BCUT2D eigenvalue weighted by atomic mass is 16.8. The normalized spacial score (nSPS) is 51.0. The first-order chi connectivity index (χ1) is 22.0. The minimum absolute atomic E-state index is 0.912. The van der Waals surface area contributed by atoms with Crippen LogP contribution in [-0.2, 0) is 42.7 Å². The summed E-state index contributed by atoms with van der Waals surface area (Å²) in [5, 5.41) is 142. The van der Waals surface area contributed by atoms with Crippen molar-refractivity contribution in [3.63, 3.8) is 0 Å². The van der Waals surface area contributed by atoms with Gasteiger partial charge in [-0.2, -0.15) is 0 Å². The van der Waals surface area contributed by atoms with E-state index in [0.717, 1.165) is 0 Å². The maximum absolute atomic E-state index is 11.9. The highest BCUT2D eigenvalue weighted by Crippen LogP contribution is 2.34. The molecule has 4 fully saturated rings. The molecule has 0 aromatic rings. The fourth-order valence-corrected chi connectivity index (χ4v) is 5.51. The molecule has 23 nitrogen and oxygen atoms in total. The Morgan fingerprint density at radius 3 is 1.36 bits per heavy atom. The highest BCUT2D eigenvalue weighted by molar-refractivity contribution is 5.73. The summed E-state index contributed by atoms with van der Waals surface area (Å²) in [7, 11) is 0. The van der Waals surface area contributed by atoms with E-state index in [1.807, 2.05) is 0 Å². The van der Waals surface area contributed by atoms with Crippen LogP contribution in [0, 0.1) is 0 Å². The maximum Gasteiger partial charge on any atom is 0.335 e. The van der Waals surface area contributed by atoms with Gasteiger partial charge in [-0.3, -0.25) is 0 Å². The lowest BCUT2D eigenvalue weighted by atomic mass is 9.95. The van der Waals surface area contributed by atoms with Gasteiger partial charge in [0.15, 0.2) is 37.4 Å². The van der Waals surface area contributed by atoms with Gasteiger partial charge in [-0.25, -0.2) is 9.59 Å². The average Bonchev–Trinajstić information content (AvgIpc) is 3.03. The number of aliphatic carboxylic acids is 2. The van der Waals surface area contributed by atoms with Gasteiger partial charge in [0, 0.05) is 0 Å². The van der Waals surface area contributed by atoms with Crippen molar-refractivity contribution in [2.75, 3.05) is 13.2 Å². The first kappa shape index (κ1) is 38.0. The molecule has 4 rings (SSSR count). The third-order valence-corrected chi connectivity index (χ3v) is 8.13. The van der Waals surface area contributed by atoms with E-state index in [9.17, 15) is 81.1 Å². The van der Waals surface area contributed by atoms with Crippen molar-refractivity contribution in [1.82, 2.24) is 0 Å². The Labute approximate surface area is 262 Å². The van der Waals surface area contributed by atoms with Gasteiger partial charge in [-0.15, -0.1) is 0 Å². The molecule has 0 bridgehead atoms. The Morgan fingerprint density at radius 2 is 0.851 bits per heavy atom. The molecule has 272 valence electrons. The highest BCUT2D eigenvalue weighted by Gasteiger charge is 2.56. The van der Waals surface area contributed by atoms with E-state index >= 15 is 0 Å². The lowest BCUT2D eigenvalue weighted by Crippen LogP contribution is -2.68. The largest absolute Gasteiger partial charge is 0.479 e. The summed E-state index contributed by atoms with van der Waals surface area (Å²) in [6, 6.07) is 0. The molecule has 4 heterocycles. The maximum atomic E-state index is 11.9. The summed E-state index contributed by atoms with van der Waals surface area (Å²) in [5.74, 6) is -3.59. The zero-order valence-corrected chi connectivity index (χ0v) is 23.9. The first-order valence-corrected chi connectivity index (χ1v) is 14.1. The van der Waals surface area contributed by atoms with Crippen LogP contribution in [0.25, 0.3) is 0 Å². The number of rotatable bonds is 10. The molecule has 0 unspecified atom stereocenters. The molecule has 0 saturated carbocycles. The minimum Gasteiger partial charge on any atom is -0.479 e. The van der Waals surface area contributed by atoms with E-state index in [4.69, 9.17) is 33.2 Å². The van der Waals surface area contributed by atoms with Crippen LogP contribution < -0.4 is 0 Å². The predicted molar refractivity (Wildman–Crippen MR) is 135 cm³/mol. The van der Waals surface area contributed by atoms with Gasteiger partial charge in [-0.1, -0.05) is 0 Å². The quantitative estimate of drug-likeness (QED) is 0.101. The number of hydrogen-bond acceptors (Lipinski definition) is 21. The Bertz CT molecular complexity index is 1060. The van der Waals surface area contributed by atoms with Gasteiger partial charge in [0.1, 0.15) is 85.5 Å². The third kappa shape index (κ3) is 7.53. The lowest BCUT2D eigenvalue weighted by molar-refractivity contribution is -0.385. The molecule has 0 radical (unpaired) electrons. The van der Waals surface area contributed by atoms with Crippen LogP contribution in [0.5, 0.6) is 0 Å². The van der Waals surface area contributed by atoms with Gasteiger partial charge in [0.25, 0.3) is 0 Å². The molecule has 4 saturated heterocycles. The van der Waals surface area contributed by atoms with E-state index in [1.54, 1.807) is 0 Å².